The summed E-state index contributed by atoms with van der Waals surface area (Å²) in [5.41, 5.74) is 38.1. The Kier molecular flexibility index (Phi) is 19.7. The van der Waals surface area contributed by atoms with Gasteiger partial charge in [-0.05, 0) is 317 Å². The van der Waals surface area contributed by atoms with Crippen LogP contribution in [0.15, 0.2) is 483 Å². The Morgan fingerprint density at radius 1 is 0.216 bits per heavy atom. The number of nitrogens with zero attached hydrogens (tertiary/aromatic N) is 2. The second-order valence-electron chi connectivity index (χ2n) is 35.2. The fourth-order valence-electron chi connectivity index (χ4n) is 20.8. The third-order valence-corrected chi connectivity index (χ3v) is 27.5. The Balaban J connectivity index is 0.592. The third kappa shape index (κ3) is 13.9. The Hall–Kier alpha value is -17.3. The van der Waals surface area contributed by atoms with Crippen LogP contribution in [0.2, 0.25) is 0 Å². The molecule has 0 bridgehead atoms. The van der Waals surface area contributed by atoms with E-state index in [2.05, 4.69) is 425 Å². The largest absolute Gasteiger partial charge is 0.457 e. The zero-order valence-electron chi connectivity index (χ0n) is 74.0. The summed E-state index contributed by atoms with van der Waals surface area (Å²) >= 11 is 0. The molecule has 2 unspecified atom stereocenters. The Bertz CT molecular complexity index is 7810. The van der Waals surface area contributed by atoms with E-state index in [4.69, 9.17) is 18.3 Å². The van der Waals surface area contributed by atoms with Crippen molar-refractivity contribution in [3.8, 4) is 101 Å². The van der Waals surface area contributed by atoms with E-state index in [0.717, 1.165) is 179 Å². The number of aryl methyl sites for hydroxylation is 2. The number of benzene rings is 20. The molecule has 2 atom stereocenters. The van der Waals surface area contributed by atoms with Gasteiger partial charge in [0.25, 0.3) is 0 Å². The molecule has 6 nitrogen and oxygen atoms in total. The van der Waals surface area contributed by atoms with Crippen LogP contribution in [-0.2, 0) is 10.8 Å². The summed E-state index contributed by atoms with van der Waals surface area (Å²) in [4.78, 5) is 4.77. The van der Waals surface area contributed by atoms with Gasteiger partial charge in [-0.1, -0.05) is 328 Å². The molecule has 20 aromatic carbocycles. The highest BCUT2D eigenvalue weighted by Crippen LogP contribution is 2.60. The Morgan fingerprint density at radius 2 is 0.500 bits per heavy atom. The quantitative estimate of drug-likeness (QED) is 0.0715. The molecule has 6 heteroatoms. The van der Waals surface area contributed by atoms with E-state index in [9.17, 15) is 0 Å². The molecule has 22 aromatic rings. The molecule has 0 spiro atoms. The predicted molar refractivity (Wildman–Crippen MR) is 555 cm³/mol. The maximum Gasteiger partial charge on any atom is 0.136 e. The van der Waals surface area contributed by atoms with Gasteiger partial charge in [-0.25, -0.2) is 0 Å². The number of para-hydroxylation sites is 2. The maximum absolute atomic E-state index is 6.51. The van der Waals surface area contributed by atoms with Gasteiger partial charge in [-0.2, -0.15) is 0 Å². The van der Waals surface area contributed by atoms with E-state index in [-0.39, 0.29) is 0 Å². The summed E-state index contributed by atoms with van der Waals surface area (Å²) in [7, 11) is 0. The minimum atomic E-state index is -0.666. The monoisotopic (exact) mass is 1720 g/mol. The Labute approximate surface area is 779 Å². The summed E-state index contributed by atoms with van der Waals surface area (Å²) in [5.74, 6) is 3.06. The summed E-state index contributed by atoms with van der Waals surface area (Å²) in [5, 5.41) is 4.43. The normalized spacial score (nSPS) is 14.0. The van der Waals surface area contributed by atoms with E-state index in [1.165, 1.54) is 66.8 Å². The molecular weight excluding hydrogens is 1630 g/mol. The third-order valence-electron chi connectivity index (χ3n) is 27.5. The fraction of sp³-hybridized carbons (Fsp3) is 0.0312. The molecule has 2 aromatic heterocycles. The lowest BCUT2D eigenvalue weighted by Crippen LogP contribution is -2.28. The number of ether oxygens (including phenoxy) is 2. The molecule has 2 heterocycles. The van der Waals surface area contributed by atoms with Crippen LogP contribution in [0.1, 0.15) is 66.8 Å². The highest BCUT2D eigenvalue weighted by molar-refractivity contribution is 6.07. The van der Waals surface area contributed by atoms with Crippen LogP contribution in [0.4, 0.5) is 34.1 Å². The molecule has 134 heavy (non-hydrogen) atoms. The molecule has 24 rings (SSSR count). The van der Waals surface area contributed by atoms with Crippen molar-refractivity contribution >= 4 is 90.2 Å². The van der Waals surface area contributed by atoms with Crippen LogP contribution in [0.5, 0.6) is 23.0 Å². The van der Waals surface area contributed by atoms with E-state index in [1.54, 1.807) is 0 Å². The van der Waals surface area contributed by atoms with Crippen LogP contribution in [0, 0.1) is 13.8 Å². The smallest absolute Gasteiger partial charge is 0.136 e. The van der Waals surface area contributed by atoms with Crippen molar-refractivity contribution in [3.05, 3.63) is 541 Å². The summed E-state index contributed by atoms with van der Waals surface area (Å²) in [6, 6.07) is 168. The summed E-state index contributed by atoms with van der Waals surface area (Å²) in [6.45, 7) is 12.2. The molecule has 2 aliphatic rings. The summed E-state index contributed by atoms with van der Waals surface area (Å²) < 4.78 is 25.9. The molecule has 0 N–H and O–H groups in total. The van der Waals surface area contributed by atoms with Gasteiger partial charge in [-0.3, -0.25) is 0 Å². The van der Waals surface area contributed by atoms with Crippen molar-refractivity contribution in [2.75, 3.05) is 9.80 Å². The minimum Gasteiger partial charge on any atom is -0.457 e. The molecule has 0 saturated heterocycles. The van der Waals surface area contributed by atoms with Gasteiger partial charge in [-0.15, -0.1) is 0 Å². The van der Waals surface area contributed by atoms with Crippen molar-refractivity contribution < 1.29 is 18.3 Å². The zero-order valence-corrected chi connectivity index (χ0v) is 74.0. The first-order valence-electron chi connectivity index (χ1n) is 45.7. The van der Waals surface area contributed by atoms with Crippen LogP contribution < -0.4 is 19.3 Å². The number of fused-ring (bicyclic) bond motifs is 12. The van der Waals surface area contributed by atoms with Crippen molar-refractivity contribution in [3.63, 3.8) is 0 Å². The van der Waals surface area contributed by atoms with Gasteiger partial charge < -0.3 is 28.1 Å². The zero-order chi connectivity index (χ0) is 89.5. The lowest BCUT2D eigenvalue weighted by molar-refractivity contribution is 0.482. The number of rotatable bonds is 21. The van der Waals surface area contributed by atoms with E-state index >= 15 is 0 Å². The second kappa shape index (κ2) is 33.0. The van der Waals surface area contributed by atoms with E-state index in [1.807, 2.05) is 84.9 Å². The van der Waals surface area contributed by atoms with Crippen molar-refractivity contribution in [2.45, 2.75) is 24.7 Å². The molecule has 0 radical (unpaired) electrons. The van der Waals surface area contributed by atoms with Crippen molar-refractivity contribution in [1.29, 1.82) is 0 Å². The average Bonchev–Trinajstić information content (AvgIpc) is 1.54. The number of furan rings is 2. The maximum atomic E-state index is 6.51. The first kappa shape index (κ1) is 80.0. The predicted octanol–water partition coefficient (Wildman–Crippen LogP) is 35.0. The van der Waals surface area contributed by atoms with Crippen molar-refractivity contribution in [1.82, 2.24) is 0 Å². The lowest BCUT2D eigenvalue weighted by atomic mass is 9.67. The van der Waals surface area contributed by atoms with Gasteiger partial charge in [0, 0.05) is 55.7 Å². The van der Waals surface area contributed by atoms with Crippen molar-refractivity contribution in [2.24, 2.45) is 0 Å². The fourth-order valence-corrected chi connectivity index (χ4v) is 20.8. The second-order valence-corrected chi connectivity index (χ2v) is 35.2. The van der Waals surface area contributed by atoms with Crippen LogP contribution in [0.25, 0.3) is 134 Å². The van der Waals surface area contributed by atoms with E-state index < -0.39 is 10.8 Å². The standard InChI is InChI=1S/C128H88N2O4/c1-5-85-33-65-107(66-34-85)131-109-69-53-99(54-70-109)127(97-49-29-83(3)30-50-97)119-25-11-7-21-111(119)113-73-45-93(79-121(113)127)91-17-15-19-105(77-91)129(103-61-41-89(42-62-103)95-47-75-117-115-23-9-13-27-123(115)133-125(117)81-95)101-57-37-87(38-58-101)88-39-59-102(60-40-88)130(104-63-43-90(44-64-104)96-48-76-118-116-24-10-14-28-124(116)134-126(118)82-96)106-20-16-18-92(78-106)94-46-74-114-112-22-8-12-26-120(112)128(122(114)80-94,98-51-31-84(4)32-52-98)100-55-71-110(72-56-100)132-108-67-35-86(6-2)36-68-108/h5-82H,1-2H2,3-4H3. The van der Waals surface area contributed by atoms with Gasteiger partial charge >= 0.3 is 0 Å². The van der Waals surface area contributed by atoms with Crippen LogP contribution >= 0.6 is 0 Å². The molecule has 0 fully saturated rings. The van der Waals surface area contributed by atoms with Gasteiger partial charge in [0.15, 0.2) is 0 Å². The van der Waals surface area contributed by atoms with Crippen LogP contribution in [0.3, 0.4) is 0 Å². The topological polar surface area (TPSA) is 51.2 Å². The highest BCUT2D eigenvalue weighted by atomic mass is 16.5. The molecule has 2 aliphatic carbocycles. The Morgan fingerprint density at radius 3 is 0.866 bits per heavy atom. The SMILES string of the molecule is C=Cc1ccc(Oc2ccc(C3(c4ccc(C)cc4)c4ccccc4-c4ccc(-c5cccc(N(c6ccc(-c7ccc(N(c8ccc(-c9ccc%10c(c9)oc9ccccc9%10)cc8)c8cccc(-c9ccc%10c(c9)C(c9ccc(C)cc9)(c9ccc(Oc%11ccc(C=C)cc%11)cc9)c9ccccc9-%10)c8)cc7)cc6)c6ccc(-c7ccc8c(c7)oc7ccccc78)cc6)c5)cc43)cc2)cc1. The number of hydrogen-bond donors (Lipinski definition) is 0. The van der Waals surface area contributed by atoms with Gasteiger partial charge in [0.1, 0.15) is 45.3 Å². The first-order valence-corrected chi connectivity index (χ1v) is 45.7. The highest BCUT2D eigenvalue weighted by Gasteiger charge is 2.48. The molecule has 634 valence electrons. The molecule has 0 saturated carbocycles. The molecule has 0 amide bonds. The first-order chi connectivity index (χ1) is 66.0. The molecule has 0 aliphatic heterocycles. The van der Waals surface area contributed by atoms with E-state index in [0.29, 0.717) is 0 Å². The number of hydrogen-bond acceptors (Lipinski definition) is 6. The lowest BCUT2D eigenvalue weighted by Gasteiger charge is -2.34. The minimum absolute atomic E-state index is 0.666. The van der Waals surface area contributed by atoms with Gasteiger partial charge in [0.05, 0.1) is 10.8 Å². The summed E-state index contributed by atoms with van der Waals surface area (Å²) in [6.07, 6.45) is 3.69. The number of anilines is 6. The van der Waals surface area contributed by atoms with Gasteiger partial charge in [0.2, 0.25) is 0 Å². The van der Waals surface area contributed by atoms with Crippen LogP contribution in [-0.4, -0.2) is 0 Å². The average molecular weight is 1720 g/mol. The molecular formula is C128H88N2O4.